The third-order valence-corrected chi connectivity index (χ3v) is 2.67. The molecule has 0 aromatic carbocycles. The number of hydrogen-bond donors (Lipinski definition) is 0. The van der Waals surface area contributed by atoms with Gasteiger partial charge in [-0.2, -0.15) is 11.6 Å². The highest BCUT2D eigenvalue weighted by molar-refractivity contribution is 8.24. The molecule has 0 aliphatic heterocycles. The summed E-state index contributed by atoms with van der Waals surface area (Å²) in [6.45, 7) is 2.19. The first-order chi connectivity index (χ1) is 4.59. The van der Waals surface area contributed by atoms with E-state index in [0.29, 0.717) is 6.26 Å². The normalized spacial score (nSPS) is 11.1. The van der Waals surface area contributed by atoms with Crippen molar-refractivity contribution in [2.45, 2.75) is 6.92 Å². The maximum Gasteiger partial charge on any atom is 0.380 e. The highest BCUT2D eigenvalue weighted by Crippen LogP contribution is 2.09. The fraction of sp³-hybridized carbons (Fsp3) is 1.00. The van der Waals surface area contributed by atoms with Crippen molar-refractivity contribution < 1.29 is 0 Å². The molecule has 0 aromatic rings. The van der Waals surface area contributed by atoms with Gasteiger partial charge in [-0.3, -0.25) is 0 Å². The van der Waals surface area contributed by atoms with Crippen LogP contribution in [0.15, 0.2) is 0 Å². The van der Waals surface area contributed by atoms with E-state index in [0.717, 1.165) is 0 Å². The van der Waals surface area contributed by atoms with Crippen molar-refractivity contribution >= 4 is 17.9 Å². The molecule has 0 unspecified atom stereocenters. The van der Waals surface area contributed by atoms with E-state index in [-0.39, 0.29) is 0 Å². The van der Waals surface area contributed by atoms with Crippen LogP contribution in [0.4, 0.5) is 0 Å². The van der Waals surface area contributed by atoms with Gasteiger partial charge in [0.2, 0.25) is 0 Å². The van der Waals surface area contributed by atoms with Crippen molar-refractivity contribution in [3.8, 4) is 0 Å². The minimum absolute atomic E-state index is 0.519. The van der Waals surface area contributed by atoms with E-state index in [9.17, 15) is 0 Å². The largest absolute Gasteiger partial charge is 0.380 e. The topological polar surface area (TPSA) is 6.48 Å². The zero-order chi connectivity index (χ0) is 8.15. The molecule has 2 nitrogen and oxygen atoms in total. The van der Waals surface area contributed by atoms with Crippen LogP contribution in [-0.2, 0) is 0 Å². The highest BCUT2D eigenvalue weighted by Gasteiger charge is 2.19. The molecule has 0 heterocycles. The van der Waals surface area contributed by atoms with Gasteiger partial charge in [0.15, 0.2) is 0 Å². The molecule has 0 N–H and O–H groups in total. The van der Waals surface area contributed by atoms with Crippen molar-refractivity contribution in [1.82, 2.24) is 9.62 Å². The number of hydrogen-bond acceptors (Lipinski definition) is 3. The Balaban J connectivity index is 3.73. The zero-order valence-corrected chi connectivity index (χ0v) is 8.40. The molecule has 0 amide bonds. The van der Waals surface area contributed by atoms with Gasteiger partial charge in [0.1, 0.15) is 0 Å². The lowest BCUT2D eigenvalue weighted by atomic mass is 10.1. The van der Waals surface area contributed by atoms with Crippen molar-refractivity contribution in [1.29, 1.82) is 0 Å². The fourth-order valence-corrected chi connectivity index (χ4v) is 1.80. The van der Waals surface area contributed by atoms with E-state index in [4.69, 9.17) is 0 Å². The molecule has 0 spiro atoms. The third-order valence-electron chi connectivity index (χ3n) is 1.20. The molecule has 0 aromatic heterocycles. The third kappa shape index (κ3) is 3.49. The van der Waals surface area contributed by atoms with Crippen LogP contribution >= 0.6 is 11.6 Å². The van der Waals surface area contributed by atoms with Gasteiger partial charge in [-0.25, -0.2) is 0 Å². The highest BCUT2D eigenvalue weighted by atomic mass is 32.2. The monoisotopic (exact) mass is 160 g/mol. The Bertz CT molecular complexity index is 79.8. The summed E-state index contributed by atoms with van der Waals surface area (Å²) < 4.78 is 0. The van der Waals surface area contributed by atoms with E-state index >= 15 is 0 Å². The second-order valence-corrected chi connectivity index (χ2v) is 4.04. The van der Waals surface area contributed by atoms with E-state index < -0.39 is 0 Å². The van der Waals surface area contributed by atoms with Crippen molar-refractivity contribution in [2.75, 3.05) is 33.9 Å². The molecule has 0 atom stereocenters. The first-order valence-corrected chi connectivity index (χ1v) is 4.59. The van der Waals surface area contributed by atoms with E-state index in [2.05, 4.69) is 44.7 Å². The summed E-state index contributed by atoms with van der Waals surface area (Å²) in [6, 6.07) is 0. The molecule has 0 saturated carbocycles. The lowest BCUT2D eigenvalue weighted by Crippen LogP contribution is -2.43. The van der Waals surface area contributed by atoms with Gasteiger partial charge < -0.3 is 9.62 Å². The molecular formula is C6H17BN2S. The quantitative estimate of drug-likeness (QED) is 0.563. The van der Waals surface area contributed by atoms with Crippen LogP contribution < -0.4 is 0 Å². The van der Waals surface area contributed by atoms with Gasteiger partial charge in [-0.15, -0.1) is 0 Å². The standard InChI is InChI=1S/C6H17BN2S/c1-6-10-7(8(2)3)9(4)5/h6H2,1-5H3. The average molecular weight is 160 g/mol. The summed E-state index contributed by atoms with van der Waals surface area (Å²) >= 11 is 1.94. The molecular weight excluding hydrogens is 143 g/mol. The van der Waals surface area contributed by atoms with Crippen LogP contribution in [0.2, 0.25) is 0 Å². The van der Waals surface area contributed by atoms with Crippen LogP contribution in [-0.4, -0.2) is 49.8 Å². The predicted molar refractivity (Wildman–Crippen MR) is 51.3 cm³/mol. The molecule has 0 rings (SSSR count). The number of rotatable bonds is 4. The fourth-order valence-electron chi connectivity index (χ4n) is 0.909. The molecule has 0 fully saturated rings. The van der Waals surface area contributed by atoms with Crippen LogP contribution in [0, 0.1) is 0 Å². The minimum atomic E-state index is 0.519. The van der Waals surface area contributed by atoms with Crippen molar-refractivity contribution in [3.05, 3.63) is 0 Å². The molecule has 0 aliphatic rings. The Morgan fingerprint density at radius 1 is 1.10 bits per heavy atom. The summed E-state index contributed by atoms with van der Waals surface area (Å²) in [5.74, 6) is 1.17. The zero-order valence-electron chi connectivity index (χ0n) is 7.59. The summed E-state index contributed by atoms with van der Waals surface area (Å²) in [5.41, 5.74) is 0. The van der Waals surface area contributed by atoms with Crippen LogP contribution in [0.3, 0.4) is 0 Å². The van der Waals surface area contributed by atoms with Gasteiger partial charge >= 0.3 is 6.26 Å². The van der Waals surface area contributed by atoms with Crippen LogP contribution in [0.1, 0.15) is 6.92 Å². The smallest absolute Gasteiger partial charge is 0.324 e. The Morgan fingerprint density at radius 3 is 1.60 bits per heavy atom. The van der Waals surface area contributed by atoms with Gasteiger partial charge in [-0.1, -0.05) is 6.92 Å². The van der Waals surface area contributed by atoms with Gasteiger partial charge in [0.25, 0.3) is 0 Å². The molecule has 4 heteroatoms. The maximum absolute atomic E-state index is 2.22. The van der Waals surface area contributed by atoms with E-state index in [1.54, 1.807) is 0 Å². The molecule has 10 heavy (non-hydrogen) atoms. The lowest BCUT2D eigenvalue weighted by Gasteiger charge is -2.24. The molecule has 0 saturated heterocycles. The maximum atomic E-state index is 2.22. The van der Waals surface area contributed by atoms with E-state index in [1.807, 2.05) is 11.6 Å². The molecule has 0 bridgehead atoms. The summed E-state index contributed by atoms with van der Waals surface area (Å²) in [4.78, 5) is 4.43. The molecule has 0 radical (unpaired) electrons. The molecule has 0 aliphatic carbocycles. The van der Waals surface area contributed by atoms with Gasteiger partial charge in [-0.05, 0) is 33.9 Å². The first-order valence-electron chi connectivity index (χ1n) is 3.54. The van der Waals surface area contributed by atoms with E-state index in [1.165, 1.54) is 5.75 Å². The average Bonchev–Trinajstić information content (AvgIpc) is 1.81. The SMILES string of the molecule is CCSB(N(C)C)N(C)C. The Labute approximate surface area is 69.0 Å². The lowest BCUT2D eigenvalue weighted by molar-refractivity contribution is 0.541. The number of nitrogens with zero attached hydrogens (tertiary/aromatic N) is 2. The Morgan fingerprint density at radius 2 is 1.50 bits per heavy atom. The van der Waals surface area contributed by atoms with Gasteiger partial charge in [0.05, 0.1) is 0 Å². The summed E-state index contributed by atoms with van der Waals surface area (Å²) in [7, 11) is 8.42. The second kappa shape index (κ2) is 5.05. The predicted octanol–water partition coefficient (Wildman–Crippen LogP) is 0.848. The first kappa shape index (κ1) is 10.3. The van der Waals surface area contributed by atoms with Crippen LogP contribution in [0.25, 0.3) is 0 Å². The molecule has 60 valence electrons. The Hall–Kier alpha value is 0.335. The minimum Gasteiger partial charge on any atom is -0.324 e. The summed E-state index contributed by atoms with van der Waals surface area (Å²) in [6.07, 6.45) is 0.519. The Kier molecular flexibility index (Phi) is 5.22. The second-order valence-electron chi connectivity index (χ2n) is 2.71. The van der Waals surface area contributed by atoms with Crippen molar-refractivity contribution in [3.63, 3.8) is 0 Å². The van der Waals surface area contributed by atoms with Crippen molar-refractivity contribution in [2.24, 2.45) is 0 Å². The summed E-state index contributed by atoms with van der Waals surface area (Å²) in [5, 5.41) is 0. The van der Waals surface area contributed by atoms with Gasteiger partial charge in [0, 0.05) is 0 Å². The van der Waals surface area contributed by atoms with Crippen LogP contribution in [0.5, 0.6) is 0 Å².